The van der Waals surface area contributed by atoms with Crippen LogP contribution in [0.3, 0.4) is 0 Å². The van der Waals surface area contributed by atoms with E-state index in [0.29, 0.717) is 17.8 Å². The monoisotopic (exact) mass is 282 g/mol. The van der Waals surface area contributed by atoms with Crippen LogP contribution in [0, 0.1) is 16.0 Å². The molecule has 0 N–H and O–H groups in total. The average molecular weight is 283 g/mol. The van der Waals surface area contributed by atoms with Crippen molar-refractivity contribution in [2.24, 2.45) is 5.92 Å². The minimum absolute atomic E-state index is 0.172. The van der Waals surface area contributed by atoms with Crippen molar-refractivity contribution in [3.05, 3.63) is 33.9 Å². The first kappa shape index (κ1) is 14.1. The number of halogens is 1. The maximum Gasteiger partial charge on any atom is 0.292 e. The Morgan fingerprint density at radius 3 is 2.84 bits per heavy atom. The maximum absolute atomic E-state index is 11.3. The highest BCUT2D eigenvalue weighted by atomic mass is 35.5. The lowest BCUT2D eigenvalue weighted by Gasteiger charge is -2.29. The summed E-state index contributed by atoms with van der Waals surface area (Å²) in [5, 5.41) is 11.3. The van der Waals surface area contributed by atoms with Crippen LogP contribution in [0.25, 0.3) is 0 Å². The van der Waals surface area contributed by atoms with E-state index in [2.05, 4.69) is 18.7 Å². The van der Waals surface area contributed by atoms with Gasteiger partial charge in [-0.25, -0.2) is 0 Å². The minimum atomic E-state index is -0.304. The molecule has 1 saturated heterocycles. The second-order valence-corrected chi connectivity index (χ2v) is 5.63. The van der Waals surface area contributed by atoms with Gasteiger partial charge in [-0.1, -0.05) is 19.9 Å². The van der Waals surface area contributed by atoms with Gasteiger partial charge in [-0.2, -0.15) is 0 Å². The number of anilines is 1. The zero-order valence-corrected chi connectivity index (χ0v) is 12.1. The van der Waals surface area contributed by atoms with Gasteiger partial charge in [0.15, 0.2) is 0 Å². The van der Waals surface area contributed by atoms with E-state index in [4.69, 9.17) is 11.6 Å². The summed E-state index contributed by atoms with van der Waals surface area (Å²) < 4.78 is 0. The third-order valence-electron chi connectivity index (χ3n) is 3.77. The van der Waals surface area contributed by atoms with E-state index in [-0.39, 0.29) is 10.6 Å². The Kier molecular flexibility index (Phi) is 4.30. The fourth-order valence-corrected chi connectivity index (χ4v) is 2.99. The standard InChI is InChI=1S/C14H19ClN2O2/c1-10(2)12-4-3-7-16(12)13-6-5-11(9-15)8-14(13)17(18)19/h5-6,8,10,12H,3-4,7,9H2,1-2H3. The lowest BCUT2D eigenvalue weighted by atomic mass is 10.0. The molecule has 0 bridgehead atoms. The van der Waals surface area contributed by atoms with Gasteiger partial charge < -0.3 is 4.90 Å². The topological polar surface area (TPSA) is 46.4 Å². The molecule has 0 spiro atoms. The number of hydrogen-bond donors (Lipinski definition) is 0. The van der Waals surface area contributed by atoms with Crippen molar-refractivity contribution in [2.45, 2.75) is 38.6 Å². The zero-order valence-electron chi connectivity index (χ0n) is 11.3. The van der Waals surface area contributed by atoms with E-state index >= 15 is 0 Å². The average Bonchev–Trinajstić information content (AvgIpc) is 2.87. The number of nitro benzene ring substituents is 1. The first-order valence-electron chi connectivity index (χ1n) is 6.64. The van der Waals surface area contributed by atoms with Crippen LogP contribution in [0.2, 0.25) is 0 Å². The predicted octanol–water partition coefficient (Wildman–Crippen LogP) is 3.96. The molecule has 1 fully saturated rings. The largest absolute Gasteiger partial charge is 0.363 e. The van der Waals surface area contributed by atoms with Gasteiger partial charge in [0, 0.05) is 24.5 Å². The van der Waals surface area contributed by atoms with Gasteiger partial charge in [0.05, 0.1) is 4.92 Å². The number of nitrogens with zero attached hydrogens (tertiary/aromatic N) is 2. The van der Waals surface area contributed by atoms with Gasteiger partial charge in [0.1, 0.15) is 5.69 Å². The highest BCUT2D eigenvalue weighted by molar-refractivity contribution is 6.17. The van der Waals surface area contributed by atoms with Crippen LogP contribution in [-0.4, -0.2) is 17.5 Å². The van der Waals surface area contributed by atoms with Gasteiger partial charge in [0.2, 0.25) is 0 Å². The molecule has 0 amide bonds. The normalized spacial score (nSPS) is 19.2. The fraction of sp³-hybridized carbons (Fsp3) is 0.571. The number of rotatable bonds is 4. The summed E-state index contributed by atoms with van der Waals surface area (Å²) in [6, 6.07) is 5.71. The highest BCUT2D eigenvalue weighted by Gasteiger charge is 2.31. The van der Waals surface area contributed by atoms with Crippen molar-refractivity contribution in [3.63, 3.8) is 0 Å². The van der Waals surface area contributed by atoms with Crippen LogP contribution in [0.1, 0.15) is 32.3 Å². The Bertz CT molecular complexity index is 477. The van der Waals surface area contributed by atoms with E-state index < -0.39 is 0 Å². The Labute approximate surface area is 118 Å². The van der Waals surface area contributed by atoms with Crippen molar-refractivity contribution < 1.29 is 4.92 Å². The van der Waals surface area contributed by atoms with Crippen LogP contribution >= 0.6 is 11.6 Å². The van der Waals surface area contributed by atoms with Crippen LogP contribution in [0.5, 0.6) is 0 Å². The molecule has 0 aliphatic carbocycles. The first-order chi connectivity index (χ1) is 9.04. The number of nitro groups is 1. The van der Waals surface area contributed by atoms with Crippen LogP contribution in [0.15, 0.2) is 18.2 Å². The summed E-state index contributed by atoms with van der Waals surface area (Å²) in [5.41, 5.74) is 1.69. The third kappa shape index (κ3) is 2.84. The van der Waals surface area contributed by atoms with Gasteiger partial charge in [-0.05, 0) is 30.4 Å². The van der Waals surface area contributed by atoms with Crippen molar-refractivity contribution in [2.75, 3.05) is 11.4 Å². The molecule has 5 heteroatoms. The molecule has 1 heterocycles. The summed E-state index contributed by atoms with van der Waals surface area (Å²) in [4.78, 5) is 13.1. The van der Waals surface area contributed by atoms with Gasteiger partial charge in [0.25, 0.3) is 5.69 Å². The van der Waals surface area contributed by atoms with Gasteiger partial charge in [-0.3, -0.25) is 10.1 Å². The van der Waals surface area contributed by atoms with E-state index in [1.54, 1.807) is 6.07 Å². The molecule has 1 unspecified atom stereocenters. The lowest BCUT2D eigenvalue weighted by Crippen LogP contribution is -2.33. The van der Waals surface area contributed by atoms with Gasteiger partial charge >= 0.3 is 0 Å². The molecule has 1 aliphatic heterocycles. The number of benzene rings is 1. The van der Waals surface area contributed by atoms with E-state index in [1.807, 2.05) is 12.1 Å². The molecule has 1 aromatic rings. The Morgan fingerprint density at radius 1 is 1.53 bits per heavy atom. The van der Waals surface area contributed by atoms with Crippen LogP contribution in [0.4, 0.5) is 11.4 Å². The molecule has 0 radical (unpaired) electrons. The maximum atomic E-state index is 11.3. The Hall–Kier alpha value is -1.29. The van der Waals surface area contributed by atoms with Gasteiger partial charge in [-0.15, -0.1) is 11.6 Å². The zero-order chi connectivity index (χ0) is 14.0. The van der Waals surface area contributed by atoms with Crippen molar-refractivity contribution in [1.29, 1.82) is 0 Å². The quantitative estimate of drug-likeness (QED) is 0.477. The molecular weight excluding hydrogens is 264 g/mol. The second-order valence-electron chi connectivity index (χ2n) is 5.36. The molecule has 1 atom stereocenters. The molecule has 1 aromatic carbocycles. The molecule has 1 aliphatic rings. The third-order valence-corrected chi connectivity index (χ3v) is 4.08. The summed E-state index contributed by atoms with van der Waals surface area (Å²) in [5.74, 6) is 0.796. The fourth-order valence-electron chi connectivity index (χ4n) is 2.83. The Balaban J connectivity index is 2.41. The molecule has 19 heavy (non-hydrogen) atoms. The number of alkyl halides is 1. The SMILES string of the molecule is CC(C)C1CCCN1c1ccc(CCl)cc1[N+](=O)[O-]. The van der Waals surface area contributed by atoms with E-state index in [9.17, 15) is 10.1 Å². The lowest BCUT2D eigenvalue weighted by molar-refractivity contribution is -0.384. The van der Waals surface area contributed by atoms with Crippen LogP contribution in [-0.2, 0) is 5.88 Å². The summed E-state index contributed by atoms with van der Waals surface area (Å²) in [7, 11) is 0. The molecule has 0 aromatic heterocycles. The summed E-state index contributed by atoms with van der Waals surface area (Å²) >= 11 is 5.76. The Morgan fingerprint density at radius 2 is 2.26 bits per heavy atom. The van der Waals surface area contributed by atoms with Crippen LogP contribution < -0.4 is 4.90 Å². The predicted molar refractivity (Wildman–Crippen MR) is 77.9 cm³/mol. The first-order valence-corrected chi connectivity index (χ1v) is 7.18. The number of hydrogen-bond acceptors (Lipinski definition) is 3. The van der Waals surface area contributed by atoms with Crippen molar-refractivity contribution in [3.8, 4) is 0 Å². The minimum Gasteiger partial charge on any atom is -0.363 e. The molecule has 104 valence electrons. The van der Waals surface area contributed by atoms with E-state index in [1.165, 1.54) is 0 Å². The highest BCUT2D eigenvalue weighted by Crippen LogP contribution is 2.36. The molecule has 4 nitrogen and oxygen atoms in total. The smallest absolute Gasteiger partial charge is 0.292 e. The van der Waals surface area contributed by atoms with Crippen molar-refractivity contribution >= 4 is 23.0 Å². The second kappa shape index (κ2) is 5.78. The molecular formula is C14H19ClN2O2. The molecule has 0 saturated carbocycles. The summed E-state index contributed by atoms with van der Waals surface area (Å²) in [6.45, 7) is 5.23. The van der Waals surface area contributed by atoms with Crippen molar-refractivity contribution in [1.82, 2.24) is 0 Å². The summed E-state index contributed by atoms with van der Waals surface area (Å²) in [6.07, 6.45) is 2.20. The molecule has 2 rings (SSSR count). The van der Waals surface area contributed by atoms with E-state index in [0.717, 1.165) is 30.6 Å².